The molecule has 0 heterocycles. The molecule has 3 rings (SSSR count). The highest BCUT2D eigenvalue weighted by Gasteiger charge is 2.11. The lowest BCUT2D eigenvalue weighted by Gasteiger charge is -2.25. The average Bonchev–Trinajstić information content (AvgIpc) is 2.58. The summed E-state index contributed by atoms with van der Waals surface area (Å²) >= 11 is 0. The molecule has 2 nitrogen and oxygen atoms in total. The van der Waals surface area contributed by atoms with E-state index in [0.29, 0.717) is 5.56 Å². The van der Waals surface area contributed by atoms with Gasteiger partial charge in [-0.25, -0.2) is 0 Å². The number of para-hydroxylation sites is 1. The third-order valence-electron chi connectivity index (χ3n) is 3.59. The molecule has 0 aliphatic heterocycles. The van der Waals surface area contributed by atoms with Gasteiger partial charge in [-0.1, -0.05) is 35.9 Å². The van der Waals surface area contributed by atoms with Crippen molar-refractivity contribution in [2.75, 3.05) is 4.90 Å². The third kappa shape index (κ3) is 2.91. The van der Waals surface area contributed by atoms with Gasteiger partial charge in [0.15, 0.2) is 0 Å². The monoisotopic (exact) mass is 287 g/mol. The van der Waals surface area contributed by atoms with Crippen LogP contribution in [0.1, 0.15) is 15.9 Å². The Labute approximate surface area is 130 Å². The molecule has 3 aromatic carbocycles. The fourth-order valence-corrected chi connectivity index (χ4v) is 2.42. The van der Waals surface area contributed by atoms with E-state index in [4.69, 9.17) is 0 Å². The molecule has 0 bridgehead atoms. The summed E-state index contributed by atoms with van der Waals surface area (Å²) in [6.45, 7) is 2.08. The van der Waals surface area contributed by atoms with Crippen molar-refractivity contribution < 1.29 is 4.79 Å². The summed E-state index contributed by atoms with van der Waals surface area (Å²) in [4.78, 5) is 13.0. The van der Waals surface area contributed by atoms with Crippen LogP contribution in [0.4, 0.5) is 17.1 Å². The van der Waals surface area contributed by atoms with E-state index in [1.165, 1.54) is 5.56 Å². The van der Waals surface area contributed by atoms with Gasteiger partial charge in [-0.05, 0) is 55.5 Å². The third-order valence-corrected chi connectivity index (χ3v) is 3.59. The van der Waals surface area contributed by atoms with Crippen molar-refractivity contribution in [2.45, 2.75) is 6.92 Å². The van der Waals surface area contributed by atoms with Gasteiger partial charge < -0.3 is 4.90 Å². The van der Waals surface area contributed by atoms with E-state index in [1.807, 2.05) is 42.5 Å². The van der Waals surface area contributed by atoms with Crippen LogP contribution in [0, 0.1) is 6.92 Å². The molecule has 0 saturated heterocycles. The van der Waals surface area contributed by atoms with Crippen LogP contribution >= 0.6 is 0 Å². The zero-order valence-corrected chi connectivity index (χ0v) is 12.4. The number of hydrogen-bond acceptors (Lipinski definition) is 2. The summed E-state index contributed by atoms with van der Waals surface area (Å²) < 4.78 is 0. The molecule has 0 radical (unpaired) electrons. The van der Waals surface area contributed by atoms with Crippen LogP contribution in [0.5, 0.6) is 0 Å². The van der Waals surface area contributed by atoms with E-state index < -0.39 is 0 Å². The summed E-state index contributed by atoms with van der Waals surface area (Å²) in [5, 5.41) is 0. The molecule has 22 heavy (non-hydrogen) atoms. The van der Waals surface area contributed by atoms with E-state index in [1.54, 1.807) is 0 Å². The molecule has 0 unspecified atom stereocenters. The molecule has 0 aromatic heterocycles. The minimum atomic E-state index is 0.681. The number of anilines is 3. The van der Waals surface area contributed by atoms with E-state index >= 15 is 0 Å². The van der Waals surface area contributed by atoms with Gasteiger partial charge in [0.2, 0.25) is 0 Å². The lowest BCUT2D eigenvalue weighted by molar-refractivity contribution is 0.112. The number of rotatable bonds is 4. The Balaban J connectivity index is 2.09. The smallest absolute Gasteiger partial charge is 0.150 e. The Morgan fingerprint density at radius 3 is 1.73 bits per heavy atom. The highest BCUT2D eigenvalue weighted by molar-refractivity contribution is 5.80. The molecule has 0 spiro atoms. The summed E-state index contributed by atoms with van der Waals surface area (Å²) in [6, 6.07) is 26.2. The van der Waals surface area contributed by atoms with Crippen LogP contribution in [-0.4, -0.2) is 6.29 Å². The van der Waals surface area contributed by atoms with Gasteiger partial charge in [0.1, 0.15) is 6.29 Å². The second kappa shape index (κ2) is 6.27. The van der Waals surface area contributed by atoms with Crippen molar-refractivity contribution in [1.29, 1.82) is 0 Å². The topological polar surface area (TPSA) is 20.3 Å². The van der Waals surface area contributed by atoms with Crippen molar-refractivity contribution >= 4 is 23.3 Å². The number of nitrogens with zero attached hydrogens (tertiary/aromatic N) is 1. The Morgan fingerprint density at radius 1 is 0.682 bits per heavy atom. The Bertz CT molecular complexity index is 746. The van der Waals surface area contributed by atoms with Crippen LogP contribution in [0.25, 0.3) is 0 Å². The van der Waals surface area contributed by atoms with Gasteiger partial charge in [-0.15, -0.1) is 0 Å². The Kier molecular flexibility index (Phi) is 4.01. The molecule has 0 atom stereocenters. The van der Waals surface area contributed by atoms with Gasteiger partial charge in [-0.3, -0.25) is 4.79 Å². The SMILES string of the molecule is Cc1ccc(N(c2ccccc2)c2ccc(C=O)cc2)cc1. The molecule has 0 fully saturated rings. The van der Waals surface area contributed by atoms with Crippen molar-refractivity contribution in [1.82, 2.24) is 0 Å². The first-order chi connectivity index (χ1) is 10.8. The first-order valence-corrected chi connectivity index (χ1v) is 7.25. The van der Waals surface area contributed by atoms with E-state index in [2.05, 4.69) is 48.2 Å². The number of benzene rings is 3. The molecule has 0 saturated carbocycles. The van der Waals surface area contributed by atoms with Crippen LogP contribution in [0.15, 0.2) is 78.9 Å². The number of aryl methyl sites for hydroxylation is 1. The summed E-state index contributed by atoms with van der Waals surface area (Å²) in [6.07, 6.45) is 0.864. The number of carbonyl (C=O) groups is 1. The number of carbonyl (C=O) groups excluding carboxylic acids is 1. The van der Waals surface area contributed by atoms with Crippen molar-refractivity contribution in [3.8, 4) is 0 Å². The molecular weight excluding hydrogens is 270 g/mol. The first kappa shape index (κ1) is 14.1. The quantitative estimate of drug-likeness (QED) is 0.609. The fourth-order valence-electron chi connectivity index (χ4n) is 2.42. The molecular formula is C20H17NO. The zero-order valence-electron chi connectivity index (χ0n) is 12.4. The second-order valence-corrected chi connectivity index (χ2v) is 5.22. The lowest BCUT2D eigenvalue weighted by Crippen LogP contribution is -2.09. The van der Waals surface area contributed by atoms with Crippen LogP contribution < -0.4 is 4.90 Å². The maximum atomic E-state index is 10.9. The van der Waals surface area contributed by atoms with Gasteiger partial charge in [0.25, 0.3) is 0 Å². The Morgan fingerprint density at radius 2 is 1.18 bits per heavy atom. The van der Waals surface area contributed by atoms with Crippen LogP contribution in [0.2, 0.25) is 0 Å². The summed E-state index contributed by atoms with van der Waals surface area (Å²) in [5.74, 6) is 0. The molecule has 108 valence electrons. The maximum absolute atomic E-state index is 10.9. The minimum absolute atomic E-state index is 0.681. The number of aldehydes is 1. The molecule has 0 aliphatic carbocycles. The Hall–Kier alpha value is -2.87. The lowest BCUT2D eigenvalue weighted by atomic mass is 10.1. The van der Waals surface area contributed by atoms with Gasteiger partial charge >= 0.3 is 0 Å². The average molecular weight is 287 g/mol. The standard InChI is InChI=1S/C20H17NO/c1-16-7-11-19(12-8-16)21(18-5-3-2-4-6-18)20-13-9-17(15-22)10-14-20/h2-15H,1H3. The van der Waals surface area contributed by atoms with E-state index in [-0.39, 0.29) is 0 Å². The van der Waals surface area contributed by atoms with Crippen molar-refractivity contribution in [3.05, 3.63) is 90.0 Å². The van der Waals surface area contributed by atoms with Gasteiger partial charge in [0, 0.05) is 22.6 Å². The van der Waals surface area contributed by atoms with Crippen LogP contribution in [0.3, 0.4) is 0 Å². The van der Waals surface area contributed by atoms with E-state index in [0.717, 1.165) is 23.3 Å². The highest BCUT2D eigenvalue weighted by atomic mass is 16.1. The predicted octanol–water partition coefficient (Wildman–Crippen LogP) is 5.28. The van der Waals surface area contributed by atoms with Gasteiger partial charge in [0.05, 0.1) is 0 Å². The molecule has 3 aromatic rings. The van der Waals surface area contributed by atoms with Crippen molar-refractivity contribution in [3.63, 3.8) is 0 Å². The molecule has 2 heteroatoms. The summed E-state index contributed by atoms with van der Waals surface area (Å²) in [5.41, 5.74) is 5.12. The number of hydrogen-bond donors (Lipinski definition) is 0. The maximum Gasteiger partial charge on any atom is 0.150 e. The first-order valence-electron chi connectivity index (χ1n) is 7.25. The zero-order chi connectivity index (χ0) is 15.4. The van der Waals surface area contributed by atoms with Crippen molar-refractivity contribution in [2.24, 2.45) is 0 Å². The molecule has 0 N–H and O–H groups in total. The second-order valence-electron chi connectivity index (χ2n) is 5.22. The van der Waals surface area contributed by atoms with E-state index in [9.17, 15) is 4.79 Å². The largest absolute Gasteiger partial charge is 0.311 e. The minimum Gasteiger partial charge on any atom is -0.311 e. The predicted molar refractivity (Wildman–Crippen MR) is 91.2 cm³/mol. The fraction of sp³-hybridized carbons (Fsp3) is 0.0500. The van der Waals surface area contributed by atoms with Crippen LogP contribution in [-0.2, 0) is 0 Å². The highest BCUT2D eigenvalue weighted by Crippen LogP contribution is 2.34. The van der Waals surface area contributed by atoms with Gasteiger partial charge in [-0.2, -0.15) is 0 Å². The molecule has 0 amide bonds. The molecule has 0 aliphatic rings. The normalized spacial score (nSPS) is 10.2. The summed E-state index contributed by atoms with van der Waals surface area (Å²) in [7, 11) is 0.